The van der Waals surface area contributed by atoms with Crippen molar-refractivity contribution in [3.05, 3.63) is 0 Å². The van der Waals surface area contributed by atoms with E-state index in [1.165, 1.54) is 148 Å². The van der Waals surface area contributed by atoms with Crippen LogP contribution in [0.2, 0.25) is 0 Å². The molecule has 0 atom stereocenters. The quantitative estimate of drug-likeness (QED) is 0.0862. The van der Waals surface area contributed by atoms with Crippen LogP contribution in [0, 0.1) is 0 Å². The Bertz CT molecular complexity index is 415. The molecule has 2 nitrogen and oxygen atoms in total. The molecule has 0 heterocycles. The molecule has 0 fully saturated rings. The molecule has 0 unspecified atom stereocenters. The van der Waals surface area contributed by atoms with Gasteiger partial charge in [0.05, 0.1) is 0 Å². The second-order valence-electron chi connectivity index (χ2n) is 11.5. The van der Waals surface area contributed by atoms with E-state index in [2.05, 4.69) is 27.7 Å². The number of rotatable bonds is 27. The van der Waals surface area contributed by atoms with Crippen LogP contribution in [0.4, 0.5) is 0 Å². The number of esters is 1. The highest BCUT2D eigenvalue weighted by atomic mass is 16.6. The minimum Gasteiger partial charge on any atom is -0.460 e. The Balaban J connectivity index is 3.42. The van der Waals surface area contributed by atoms with Gasteiger partial charge in [-0.2, -0.15) is 0 Å². The van der Waals surface area contributed by atoms with Gasteiger partial charge in [0.15, 0.2) is 0 Å². The number of hydrogen-bond donors (Lipinski definition) is 0. The fourth-order valence-electron chi connectivity index (χ4n) is 4.91. The van der Waals surface area contributed by atoms with Crippen molar-refractivity contribution >= 4 is 5.97 Å². The van der Waals surface area contributed by atoms with Crippen molar-refractivity contribution in [2.45, 2.75) is 200 Å². The Labute approximate surface area is 215 Å². The SMILES string of the molecule is CCCCCCCCCCCCCCCCCC(=O)OC(C)(C)CCCCCCCCCCC. The number of unbranched alkanes of at least 4 members (excludes halogenated alkanes) is 22. The van der Waals surface area contributed by atoms with Crippen molar-refractivity contribution in [2.75, 3.05) is 0 Å². The monoisotopic (exact) mass is 480 g/mol. The third-order valence-electron chi connectivity index (χ3n) is 7.26. The number of carbonyl (C=O) groups excluding carboxylic acids is 1. The molecule has 0 radical (unpaired) electrons. The average Bonchev–Trinajstić information content (AvgIpc) is 2.80. The van der Waals surface area contributed by atoms with Gasteiger partial charge in [-0.15, -0.1) is 0 Å². The summed E-state index contributed by atoms with van der Waals surface area (Å²) in [7, 11) is 0. The van der Waals surface area contributed by atoms with Crippen LogP contribution in [0.25, 0.3) is 0 Å². The normalized spacial score (nSPS) is 11.8. The summed E-state index contributed by atoms with van der Waals surface area (Å²) in [4.78, 5) is 12.2. The first-order valence-corrected chi connectivity index (χ1v) is 15.7. The lowest BCUT2D eigenvalue weighted by Gasteiger charge is -2.25. The minimum atomic E-state index is -0.298. The van der Waals surface area contributed by atoms with E-state index in [0.29, 0.717) is 6.42 Å². The molecule has 34 heavy (non-hydrogen) atoms. The van der Waals surface area contributed by atoms with E-state index in [9.17, 15) is 4.79 Å². The summed E-state index contributed by atoms with van der Waals surface area (Å²) in [6, 6.07) is 0. The van der Waals surface area contributed by atoms with Crippen LogP contribution < -0.4 is 0 Å². The van der Waals surface area contributed by atoms with Gasteiger partial charge in [0, 0.05) is 6.42 Å². The first kappa shape index (κ1) is 33.5. The lowest BCUT2D eigenvalue weighted by Crippen LogP contribution is -2.27. The second kappa shape index (κ2) is 25.6. The fraction of sp³-hybridized carbons (Fsp3) is 0.969. The van der Waals surface area contributed by atoms with Crippen LogP contribution in [-0.4, -0.2) is 11.6 Å². The molecule has 0 saturated heterocycles. The molecule has 0 aliphatic carbocycles. The highest BCUT2D eigenvalue weighted by Gasteiger charge is 2.21. The van der Waals surface area contributed by atoms with E-state index < -0.39 is 0 Å². The first-order chi connectivity index (χ1) is 16.5. The molecular formula is C32H64O2. The molecule has 0 aromatic heterocycles. The number of hydrogen-bond acceptors (Lipinski definition) is 2. The molecule has 0 bridgehead atoms. The fourth-order valence-corrected chi connectivity index (χ4v) is 4.91. The Morgan fingerprint density at radius 2 is 0.765 bits per heavy atom. The topological polar surface area (TPSA) is 26.3 Å². The van der Waals surface area contributed by atoms with E-state index in [1.807, 2.05) is 0 Å². The molecule has 0 saturated carbocycles. The minimum absolute atomic E-state index is 0.00983. The predicted molar refractivity (Wildman–Crippen MR) is 152 cm³/mol. The maximum atomic E-state index is 12.2. The van der Waals surface area contributed by atoms with Gasteiger partial charge in [0.2, 0.25) is 0 Å². The Kier molecular flexibility index (Phi) is 25.2. The van der Waals surface area contributed by atoms with Gasteiger partial charge >= 0.3 is 5.97 Å². The van der Waals surface area contributed by atoms with Gasteiger partial charge in [-0.05, 0) is 33.1 Å². The zero-order chi connectivity index (χ0) is 25.2. The molecule has 0 aromatic carbocycles. The lowest BCUT2D eigenvalue weighted by molar-refractivity contribution is -0.157. The summed E-state index contributed by atoms with van der Waals surface area (Å²) in [6.07, 6.45) is 34.0. The third kappa shape index (κ3) is 26.1. The van der Waals surface area contributed by atoms with Crippen LogP contribution >= 0.6 is 0 Å². The molecule has 0 spiro atoms. The molecule has 0 aliphatic heterocycles. The zero-order valence-electron chi connectivity index (χ0n) is 24.2. The molecular weight excluding hydrogens is 416 g/mol. The highest BCUT2D eigenvalue weighted by molar-refractivity contribution is 5.69. The summed E-state index contributed by atoms with van der Waals surface area (Å²) in [5, 5.41) is 0. The highest BCUT2D eigenvalue weighted by Crippen LogP contribution is 2.21. The summed E-state index contributed by atoms with van der Waals surface area (Å²) >= 11 is 0. The summed E-state index contributed by atoms with van der Waals surface area (Å²) in [6.45, 7) is 8.73. The average molecular weight is 481 g/mol. The molecule has 0 aliphatic rings. The number of carbonyl (C=O) groups is 1. The Morgan fingerprint density at radius 1 is 0.471 bits per heavy atom. The van der Waals surface area contributed by atoms with Crippen molar-refractivity contribution in [3.63, 3.8) is 0 Å². The largest absolute Gasteiger partial charge is 0.460 e. The van der Waals surface area contributed by atoms with E-state index in [-0.39, 0.29) is 11.6 Å². The zero-order valence-corrected chi connectivity index (χ0v) is 24.2. The van der Waals surface area contributed by atoms with Crippen molar-refractivity contribution in [1.29, 1.82) is 0 Å². The molecule has 0 amide bonds. The summed E-state index contributed by atoms with van der Waals surface area (Å²) in [5.41, 5.74) is -0.298. The van der Waals surface area contributed by atoms with Crippen molar-refractivity contribution < 1.29 is 9.53 Å². The number of ether oxygens (including phenoxy) is 1. The predicted octanol–water partition coefficient (Wildman–Crippen LogP) is 11.5. The van der Waals surface area contributed by atoms with Crippen LogP contribution in [0.3, 0.4) is 0 Å². The van der Waals surface area contributed by atoms with Crippen molar-refractivity contribution in [1.82, 2.24) is 0 Å². The van der Waals surface area contributed by atoms with Crippen molar-refractivity contribution in [2.24, 2.45) is 0 Å². The first-order valence-electron chi connectivity index (χ1n) is 15.7. The maximum absolute atomic E-state index is 12.2. The van der Waals surface area contributed by atoms with E-state index in [4.69, 9.17) is 4.74 Å². The molecule has 0 aromatic rings. The standard InChI is InChI=1S/C32H64O2/c1-5-7-9-11-13-15-16-17-18-19-20-21-23-25-27-29-31(33)34-32(3,4)30-28-26-24-22-14-12-10-8-6-2/h5-30H2,1-4H3. The van der Waals surface area contributed by atoms with E-state index in [1.54, 1.807) is 0 Å². The van der Waals surface area contributed by atoms with E-state index >= 15 is 0 Å². The van der Waals surface area contributed by atoms with Gasteiger partial charge in [-0.1, -0.05) is 155 Å². The van der Waals surface area contributed by atoms with Gasteiger partial charge < -0.3 is 4.74 Å². The third-order valence-corrected chi connectivity index (χ3v) is 7.26. The van der Waals surface area contributed by atoms with Gasteiger partial charge in [0.1, 0.15) is 5.60 Å². The summed E-state index contributed by atoms with van der Waals surface area (Å²) in [5.74, 6) is 0.00983. The van der Waals surface area contributed by atoms with Gasteiger partial charge in [-0.25, -0.2) is 0 Å². The van der Waals surface area contributed by atoms with Crippen molar-refractivity contribution in [3.8, 4) is 0 Å². The molecule has 0 rings (SSSR count). The molecule has 2 heteroatoms. The van der Waals surface area contributed by atoms with Crippen LogP contribution in [0.15, 0.2) is 0 Å². The molecule has 0 N–H and O–H groups in total. The Morgan fingerprint density at radius 3 is 1.12 bits per heavy atom. The summed E-state index contributed by atoms with van der Waals surface area (Å²) < 4.78 is 5.79. The van der Waals surface area contributed by atoms with E-state index in [0.717, 1.165) is 12.8 Å². The maximum Gasteiger partial charge on any atom is 0.306 e. The second-order valence-corrected chi connectivity index (χ2v) is 11.5. The van der Waals surface area contributed by atoms with Gasteiger partial charge in [-0.3, -0.25) is 4.79 Å². The smallest absolute Gasteiger partial charge is 0.306 e. The molecule has 204 valence electrons. The van der Waals surface area contributed by atoms with Crippen LogP contribution in [0.1, 0.15) is 195 Å². The lowest BCUT2D eigenvalue weighted by atomic mass is 9.99. The van der Waals surface area contributed by atoms with Crippen LogP contribution in [0.5, 0.6) is 0 Å². The van der Waals surface area contributed by atoms with Crippen LogP contribution in [-0.2, 0) is 9.53 Å². The Hall–Kier alpha value is -0.530. The van der Waals surface area contributed by atoms with Gasteiger partial charge in [0.25, 0.3) is 0 Å².